The first kappa shape index (κ1) is 14.2. The molecule has 0 bridgehead atoms. The molecule has 1 amide bonds. The van der Waals surface area contributed by atoms with Crippen LogP contribution in [0.3, 0.4) is 0 Å². The molecule has 0 unspecified atom stereocenters. The second-order valence-corrected chi connectivity index (χ2v) is 6.18. The zero-order valence-corrected chi connectivity index (χ0v) is 12.6. The van der Waals surface area contributed by atoms with Crippen molar-refractivity contribution in [2.45, 2.75) is 57.9 Å². The molecular formula is C18H24N2O. The number of carbonyl (C=O) groups excluding carboxylic acids is 1. The summed E-state index contributed by atoms with van der Waals surface area (Å²) in [4.78, 5) is 11.3. The SMILES string of the molecule is NC(=O)Cc1cn2c3c(cccc13)CCCCCCCC2. The summed E-state index contributed by atoms with van der Waals surface area (Å²) >= 11 is 0. The molecule has 3 heteroatoms. The van der Waals surface area contributed by atoms with Crippen LogP contribution in [0.2, 0.25) is 0 Å². The number of aryl methyl sites for hydroxylation is 2. The maximum atomic E-state index is 11.3. The predicted molar refractivity (Wildman–Crippen MR) is 86.2 cm³/mol. The number of carbonyl (C=O) groups is 1. The van der Waals surface area contributed by atoms with Crippen molar-refractivity contribution < 1.29 is 4.79 Å². The van der Waals surface area contributed by atoms with Crippen molar-refractivity contribution in [3.8, 4) is 0 Å². The topological polar surface area (TPSA) is 48.0 Å². The van der Waals surface area contributed by atoms with Crippen molar-refractivity contribution in [3.63, 3.8) is 0 Å². The number of para-hydroxylation sites is 1. The van der Waals surface area contributed by atoms with E-state index < -0.39 is 0 Å². The van der Waals surface area contributed by atoms with Crippen molar-refractivity contribution in [1.82, 2.24) is 4.57 Å². The summed E-state index contributed by atoms with van der Waals surface area (Å²) in [7, 11) is 0. The first-order valence-corrected chi connectivity index (χ1v) is 8.13. The van der Waals surface area contributed by atoms with Gasteiger partial charge in [0, 0.05) is 18.1 Å². The Morgan fingerprint density at radius 3 is 2.67 bits per heavy atom. The van der Waals surface area contributed by atoms with E-state index >= 15 is 0 Å². The number of hydrogen-bond donors (Lipinski definition) is 1. The van der Waals surface area contributed by atoms with Crippen molar-refractivity contribution in [3.05, 3.63) is 35.5 Å². The smallest absolute Gasteiger partial charge is 0.221 e. The van der Waals surface area contributed by atoms with E-state index in [0.717, 1.165) is 18.5 Å². The second-order valence-electron chi connectivity index (χ2n) is 6.18. The molecule has 0 atom stereocenters. The molecule has 2 aromatic rings. The van der Waals surface area contributed by atoms with Gasteiger partial charge in [-0.25, -0.2) is 0 Å². The van der Waals surface area contributed by atoms with Gasteiger partial charge in [-0.3, -0.25) is 4.79 Å². The first-order chi connectivity index (χ1) is 10.3. The number of primary amides is 1. The maximum Gasteiger partial charge on any atom is 0.221 e. The highest BCUT2D eigenvalue weighted by Crippen LogP contribution is 2.28. The van der Waals surface area contributed by atoms with Crippen LogP contribution in [-0.2, 0) is 24.2 Å². The van der Waals surface area contributed by atoms with Crippen LogP contribution in [0.1, 0.15) is 49.7 Å². The zero-order valence-electron chi connectivity index (χ0n) is 12.6. The molecular weight excluding hydrogens is 260 g/mol. The third-order valence-corrected chi connectivity index (χ3v) is 4.52. The Balaban J connectivity index is 2.07. The number of nitrogens with two attached hydrogens (primary N) is 1. The third-order valence-electron chi connectivity index (χ3n) is 4.52. The molecule has 0 fully saturated rings. The Kier molecular flexibility index (Phi) is 4.28. The van der Waals surface area contributed by atoms with E-state index in [-0.39, 0.29) is 5.91 Å². The number of aromatic nitrogens is 1. The summed E-state index contributed by atoms with van der Waals surface area (Å²) in [6, 6.07) is 6.49. The average molecular weight is 284 g/mol. The van der Waals surface area contributed by atoms with Gasteiger partial charge in [0.25, 0.3) is 0 Å². The van der Waals surface area contributed by atoms with E-state index in [4.69, 9.17) is 5.73 Å². The number of nitrogens with zero attached hydrogens (tertiary/aromatic N) is 1. The van der Waals surface area contributed by atoms with Gasteiger partial charge in [-0.15, -0.1) is 0 Å². The summed E-state index contributed by atoms with van der Waals surface area (Å²) in [5, 5.41) is 1.21. The molecule has 2 heterocycles. The lowest BCUT2D eigenvalue weighted by atomic mass is 10.0. The highest BCUT2D eigenvalue weighted by atomic mass is 16.1. The highest BCUT2D eigenvalue weighted by Gasteiger charge is 2.14. The largest absolute Gasteiger partial charge is 0.369 e. The summed E-state index contributed by atoms with van der Waals surface area (Å²) in [6.07, 6.45) is 11.4. The molecule has 1 aliphatic heterocycles. The zero-order chi connectivity index (χ0) is 14.7. The number of amides is 1. The molecule has 0 saturated carbocycles. The first-order valence-electron chi connectivity index (χ1n) is 8.13. The fourth-order valence-electron chi connectivity index (χ4n) is 3.52. The Morgan fingerprint density at radius 1 is 1.10 bits per heavy atom. The van der Waals surface area contributed by atoms with Crippen molar-refractivity contribution in [1.29, 1.82) is 0 Å². The third kappa shape index (κ3) is 3.12. The highest BCUT2D eigenvalue weighted by molar-refractivity contribution is 5.90. The van der Waals surface area contributed by atoms with Crippen molar-refractivity contribution in [2.75, 3.05) is 0 Å². The van der Waals surface area contributed by atoms with Gasteiger partial charge in [0.05, 0.1) is 11.9 Å². The van der Waals surface area contributed by atoms with Gasteiger partial charge in [0.15, 0.2) is 0 Å². The Morgan fingerprint density at radius 2 is 1.86 bits per heavy atom. The molecule has 3 rings (SSSR count). The van der Waals surface area contributed by atoms with Crippen LogP contribution in [-0.4, -0.2) is 10.5 Å². The van der Waals surface area contributed by atoms with Gasteiger partial charge in [-0.2, -0.15) is 0 Å². The quantitative estimate of drug-likeness (QED) is 0.900. The lowest BCUT2D eigenvalue weighted by Crippen LogP contribution is -2.13. The van der Waals surface area contributed by atoms with Gasteiger partial charge in [0.1, 0.15) is 0 Å². The van der Waals surface area contributed by atoms with Gasteiger partial charge in [-0.1, -0.05) is 43.9 Å². The minimum atomic E-state index is -0.249. The summed E-state index contributed by atoms with van der Waals surface area (Å²) in [5.74, 6) is -0.249. The van der Waals surface area contributed by atoms with E-state index in [1.54, 1.807) is 0 Å². The summed E-state index contributed by atoms with van der Waals surface area (Å²) < 4.78 is 2.36. The van der Waals surface area contributed by atoms with Gasteiger partial charge < -0.3 is 10.3 Å². The molecule has 1 aromatic heterocycles. The Labute approximate surface area is 126 Å². The monoisotopic (exact) mass is 284 g/mol. The van der Waals surface area contributed by atoms with Crippen LogP contribution in [0.5, 0.6) is 0 Å². The number of benzene rings is 1. The molecule has 21 heavy (non-hydrogen) atoms. The van der Waals surface area contributed by atoms with Gasteiger partial charge in [-0.05, 0) is 30.4 Å². The van der Waals surface area contributed by atoms with Crippen LogP contribution in [0, 0.1) is 0 Å². The average Bonchev–Trinajstić information content (AvgIpc) is 2.77. The Hall–Kier alpha value is -1.77. The van der Waals surface area contributed by atoms with Crippen LogP contribution in [0.4, 0.5) is 0 Å². The second kappa shape index (κ2) is 6.33. The molecule has 1 aliphatic rings. The van der Waals surface area contributed by atoms with E-state index in [1.165, 1.54) is 55.0 Å². The van der Waals surface area contributed by atoms with Crippen LogP contribution in [0.25, 0.3) is 10.9 Å². The summed E-state index contributed by atoms with van der Waals surface area (Å²) in [6.45, 7) is 1.05. The number of hydrogen-bond acceptors (Lipinski definition) is 1. The predicted octanol–water partition coefficient (Wildman–Crippen LogP) is 3.57. The molecule has 0 spiro atoms. The fourth-order valence-corrected chi connectivity index (χ4v) is 3.52. The minimum absolute atomic E-state index is 0.249. The maximum absolute atomic E-state index is 11.3. The van der Waals surface area contributed by atoms with Crippen molar-refractivity contribution >= 4 is 16.8 Å². The van der Waals surface area contributed by atoms with Crippen LogP contribution in [0.15, 0.2) is 24.4 Å². The van der Waals surface area contributed by atoms with Crippen LogP contribution >= 0.6 is 0 Å². The normalized spacial score (nSPS) is 16.6. The molecule has 0 radical (unpaired) electrons. The molecule has 0 saturated heterocycles. The van der Waals surface area contributed by atoms with Crippen molar-refractivity contribution in [2.24, 2.45) is 5.73 Å². The molecule has 0 aliphatic carbocycles. The van der Waals surface area contributed by atoms with Gasteiger partial charge >= 0.3 is 0 Å². The molecule has 2 N–H and O–H groups in total. The van der Waals surface area contributed by atoms with E-state index in [1.807, 2.05) is 0 Å². The fraction of sp³-hybridized carbons (Fsp3) is 0.500. The minimum Gasteiger partial charge on any atom is -0.369 e. The van der Waals surface area contributed by atoms with Gasteiger partial charge in [0.2, 0.25) is 5.91 Å². The standard InChI is InChI=1S/C18H24N2O/c19-17(21)12-15-13-20-11-6-4-2-1-3-5-8-14-9-7-10-16(15)18(14)20/h7,9-10,13H,1-6,8,11-12H2,(H2,19,21). The van der Waals surface area contributed by atoms with Crippen LogP contribution < -0.4 is 5.73 Å². The molecule has 112 valence electrons. The van der Waals surface area contributed by atoms with E-state index in [9.17, 15) is 4.79 Å². The lowest BCUT2D eigenvalue weighted by molar-refractivity contribution is -0.117. The van der Waals surface area contributed by atoms with E-state index in [2.05, 4.69) is 29.0 Å². The van der Waals surface area contributed by atoms with E-state index in [0.29, 0.717) is 6.42 Å². The molecule has 1 aromatic carbocycles. The number of rotatable bonds is 2. The summed E-state index contributed by atoms with van der Waals surface area (Å²) in [5.41, 5.74) is 9.23. The lowest BCUT2D eigenvalue weighted by Gasteiger charge is -2.08. The Bertz CT molecular complexity index is 642. The molecule has 3 nitrogen and oxygen atoms in total.